The Labute approximate surface area is 129 Å². The molecule has 0 radical (unpaired) electrons. The van der Waals surface area contributed by atoms with Crippen LogP contribution in [0.25, 0.3) is 0 Å². The number of hydrogen-bond donors (Lipinski definition) is 1. The molecule has 0 saturated carbocycles. The first-order valence-electron chi connectivity index (χ1n) is 8.36. The summed E-state index contributed by atoms with van der Waals surface area (Å²) in [7, 11) is 0. The summed E-state index contributed by atoms with van der Waals surface area (Å²) in [5, 5.41) is 0. The van der Waals surface area contributed by atoms with Gasteiger partial charge in [-0.15, -0.1) is 0 Å². The summed E-state index contributed by atoms with van der Waals surface area (Å²) in [4.78, 5) is 2.58. The van der Waals surface area contributed by atoms with Gasteiger partial charge in [-0.2, -0.15) is 0 Å². The van der Waals surface area contributed by atoms with E-state index < -0.39 is 0 Å². The molecule has 0 spiro atoms. The largest absolute Gasteiger partial charge is 0.491 e. The molecular weight excluding hydrogens is 260 g/mol. The van der Waals surface area contributed by atoms with Gasteiger partial charge in [-0.1, -0.05) is 25.5 Å². The Hall–Kier alpha value is -1.06. The minimum atomic E-state index is 0.210. The lowest BCUT2D eigenvalue weighted by Crippen LogP contribution is -2.35. The number of rotatable bonds is 5. The minimum absolute atomic E-state index is 0.210. The van der Waals surface area contributed by atoms with Gasteiger partial charge in [-0.05, 0) is 69.9 Å². The number of ether oxygens (including phenoxy) is 1. The van der Waals surface area contributed by atoms with E-state index in [1.54, 1.807) is 0 Å². The molecule has 1 aliphatic heterocycles. The Morgan fingerprint density at radius 2 is 2.14 bits per heavy atom. The van der Waals surface area contributed by atoms with Crippen molar-refractivity contribution >= 4 is 0 Å². The molecule has 2 atom stereocenters. The summed E-state index contributed by atoms with van der Waals surface area (Å²) in [5.74, 6) is 1.51. The zero-order valence-corrected chi connectivity index (χ0v) is 13.7. The molecule has 3 nitrogen and oxygen atoms in total. The van der Waals surface area contributed by atoms with Crippen LogP contribution in [-0.4, -0.2) is 30.6 Å². The van der Waals surface area contributed by atoms with Crippen molar-refractivity contribution in [1.82, 2.24) is 4.90 Å². The summed E-state index contributed by atoms with van der Waals surface area (Å²) >= 11 is 0. The topological polar surface area (TPSA) is 38.5 Å². The number of likely N-dealkylation sites (tertiary alicyclic amines) is 1. The quantitative estimate of drug-likeness (QED) is 0.900. The summed E-state index contributed by atoms with van der Waals surface area (Å²) in [6, 6.07) is 9.03. The highest BCUT2D eigenvalue weighted by Crippen LogP contribution is 2.35. The van der Waals surface area contributed by atoms with Crippen molar-refractivity contribution in [2.24, 2.45) is 11.7 Å². The number of nitrogens with two attached hydrogens (primary N) is 1. The third kappa shape index (κ3) is 4.21. The fourth-order valence-corrected chi connectivity index (χ4v) is 3.45. The molecule has 21 heavy (non-hydrogen) atoms. The van der Waals surface area contributed by atoms with Gasteiger partial charge in [0.05, 0.1) is 6.10 Å². The fourth-order valence-electron chi connectivity index (χ4n) is 3.45. The van der Waals surface area contributed by atoms with E-state index >= 15 is 0 Å². The van der Waals surface area contributed by atoms with E-state index in [-0.39, 0.29) is 6.10 Å². The van der Waals surface area contributed by atoms with Gasteiger partial charge in [0.1, 0.15) is 5.75 Å². The first kappa shape index (κ1) is 16.3. The molecule has 118 valence electrons. The van der Waals surface area contributed by atoms with Crippen molar-refractivity contribution in [3.05, 3.63) is 29.8 Å². The molecule has 3 heteroatoms. The van der Waals surface area contributed by atoms with Crippen LogP contribution in [0.1, 0.15) is 51.6 Å². The number of nitrogens with zero attached hydrogens (tertiary/aromatic N) is 1. The second-order valence-electron chi connectivity index (χ2n) is 6.30. The van der Waals surface area contributed by atoms with Crippen LogP contribution in [0.4, 0.5) is 0 Å². The minimum Gasteiger partial charge on any atom is -0.491 e. The lowest BCUT2D eigenvalue weighted by Gasteiger charge is -2.34. The van der Waals surface area contributed by atoms with Crippen LogP contribution in [0.2, 0.25) is 0 Å². The fraction of sp³-hybridized carbons (Fsp3) is 0.667. The van der Waals surface area contributed by atoms with Crippen LogP contribution in [0.3, 0.4) is 0 Å². The zero-order chi connectivity index (χ0) is 15.2. The van der Waals surface area contributed by atoms with Gasteiger partial charge in [0.25, 0.3) is 0 Å². The highest BCUT2D eigenvalue weighted by molar-refractivity contribution is 5.31. The van der Waals surface area contributed by atoms with Gasteiger partial charge in [0.2, 0.25) is 0 Å². The second kappa shape index (κ2) is 7.81. The van der Waals surface area contributed by atoms with Crippen molar-refractivity contribution in [2.45, 2.75) is 52.2 Å². The number of hydrogen-bond acceptors (Lipinski definition) is 3. The van der Waals surface area contributed by atoms with E-state index in [0.29, 0.717) is 12.0 Å². The Kier molecular flexibility index (Phi) is 6.07. The zero-order valence-electron chi connectivity index (χ0n) is 13.7. The first-order valence-corrected chi connectivity index (χ1v) is 8.36. The lowest BCUT2D eigenvalue weighted by atomic mass is 9.89. The van der Waals surface area contributed by atoms with Crippen LogP contribution in [0.15, 0.2) is 24.3 Å². The lowest BCUT2D eigenvalue weighted by molar-refractivity contribution is 0.165. The SMILES string of the molecule is CCN1CCCCC(CN)C1c1cccc(OC(C)C)c1. The monoisotopic (exact) mass is 290 g/mol. The Morgan fingerprint density at radius 3 is 2.81 bits per heavy atom. The highest BCUT2D eigenvalue weighted by Gasteiger charge is 2.29. The Balaban J connectivity index is 2.29. The predicted octanol–water partition coefficient (Wildman–Crippen LogP) is 3.60. The molecule has 0 aromatic heterocycles. The molecular formula is C18H30N2O. The molecule has 2 unspecified atom stereocenters. The van der Waals surface area contributed by atoms with Crippen LogP contribution < -0.4 is 10.5 Å². The van der Waals surface area contributed by atoms with Crippen LogP contribution in [0.5, 0.6) is 5.75 Å². The van der Waals surface area contributed by atoms with E-state index in [2.05, 4.69) is 43.9 Å². The van der Waals surface area contributed by atoms with E-state index in [1.165, 1.54) is 31.4 Å². The first-order chi connectivity index (χ1) is 10.2. The smallest absolute Gasteiger partial charge is 0.120 e. The van der Waals surface area contributed by atoms with Gasteiger partial charge >= 0.3 is 0 Å². The average Bonchev–Trinajstić information content (AvgIpc) is 2.68. The third-order valence-electron chi connectivity index (χ3n) is 4.39. The van der Waals surface area contributed by atoms with E-state index in [9.17, 15) is 0 Å². The Morgan fingerprint density at radius 1 is 1.33 bits per heavy atom. The average molecular weight is 290 g/mol. The van der Waals surface area contributed by atoms with E-state index in [0.717, 1.165) is 18.8 Å². The second-order valence-corrected chi connectivity index (χ2v) is 6.30. The molecule has 0 amide bonds. The molecule has 2 N–H and O–H groups in total. The van der Waals surface area contributed by atoms with Crippen LogP contribution in [0, 0.1) is 5.92 Å². The van der Waals surface area contributed by atoms with Gasteiger partial charge < -0.3 is 10.5 Å². The van der Waals surface area contributed by atoms with E-state index in [1.807, 2.05) is 6.07 Å². The van der Waals surface area contributed by atoms with Crippen molar-refractivity contribution in [1.29, 1.82) is 0 Å². The van der Waals surface area contributed by atoms with Crippen molar-refractivity contribution < 1.29 is 4.74 Å². The maximum absolute atomic E-state index is 6.08. The highest BCUT2D eigenvalue weighted by atomic mass is 16.5. The summed E-state index contributed by atoms with van der Waals surface area (Å²) in [6.45, 7) is 9.40. The molecule has 1 saturated heterocycles. The molecule has 1 fully saturated rings. The van der Waals surface area contributed by atoms with Crippen LogP contribution in [-0.2, 0) is 0 Å². The summed E-state index contributed by atoms with van der Waals surface area (Å²) in [5.41, 5.74) is 7.43. The molecule has 0 aliphatic carbocycles. The summed E-state index contributed by atoms with van der Waals surface area (Å²) < 4.78 is 5.86. The molecule has 1 heterocycles. The van der Waals surface area contributed by atoms with Gasteiger partial charge in [-0.25, -0.2) is 0 Å². The van der Waals surface area contributed by atoms with Gasteiger partial charge in [-0.3, -0.25) is 4.90 Å². The number of benzene rings is 1. The van der Waals surface area contributed by atoms with Crippen LogP contribution >= 0.6 is 0 Å². The molecule has 1 aliphatic rings. The van der Waals surface area contributed by atoms with Gasteiger partial charge in [0, 0.05) is 6.04 Å². The maximum Gasteiger partial charge on any atom is 0.120 e. The van der Waals surface area contributed by atoms with Crippen molar-refractivity contribution in [2.75, 3.05) is 19.6 Å². The van der Waals surface area contributed by atoms with Gasteiger partial charge in [0.15, 0.2) is 0 Å². The standard InChI is InChI=1S/C18H30N2O/c1-4-20-11-6-5-8-16(13-19)18(20)15-9-7-10-17(12-15)21-14(2)3/h7,9-10,12,14,16,18H,4-6,8,11,13,19H2,1-3H3. The van der Waals surface area contributed by atoms with Crippen molar-refractivity contribution in [3.8, 4) is 5.75 Å². The van der Waals surface area contributed by atoms with E-state index in [4.69, 9.17) is 10.5 Å². The maximum atomic E-state index is 6.08. The Bertz CT molecular complexity index is 419. The molecule has 0 bridgehead atoms. The molecule has 1 aromatic rings. The predicted molar refractivity (Wildman–Crippen MR) is 88.6 cm³/mol. The molecule has 1 aromatic carbocycles. The molecule has 2 rings (SSSR count). The third-order valence-corrected chi connectivity index (χ3v) is 4.39. The summed E-state index contributed by atoms with van der Waals surface area (Å²) in [6.07, 6.45) is 4.01. The van der Waals surface area contributed by atoms with Crippen molar-refractivity contribution in [3.63, 3.8) is 0 Å². The normalized spacial score (nSPS) is 24.0.